The topological polar surface area (TPSA) is 49.7 Å². The van der Waals surface area contributed by atoms with Crippen molar-refractivity contribution < 1.29 is 27.9 Å². The Morgan fingerprint density at radius 3 is 2.50 bits per heavy atom. The van der Waals surface area contributed by atoms with Crippen LogP contribution in [0.25, 0.3) is 5.83 Å². The highest BCUT2D eigenvalue weighted by atomic mass is 19.2. The molecule has 1 aliphatic carbocycles. The van der Waals surface area contributed by atoms with Crippen molar-refractivity contribution in [2.24, 2.45) is 0 Å². The van der Waals surface area contributed by atoms with Crippen LogP contribution in [0.5, 0.6) is 0 Å². The van der Waals surface area contributed by atoms with Crippen LogP contribution in [0.1, 0.15) is 17.2 Å². The van der Waals surface area contributed by atoms with Crippen LogP contribution >= 0.6 is 0 Å². The molecule has 1 aromatic carbocycles. The molecule has 7 heteroatoms. The van der Waals surface area contributed by atoms with Crippen LogP contribution < -0.4 is 0 Å². The van der Waals surface area contributed by atoms with Gasteiger partial charge in [0.15, 0.2) is 11.7 Å². The van der Waals surface area contributed by atoms with Gasteiger partial charge >= 0.3 is 7.32 Å². The second-order valence-electron chi connectivity index (χ2n) is 3.21. The van der Waals surface area contributed by atoms with Crippen molar-refractivity contribution in [1.82, 2.24) is 0 Å². The van der Waals surface area contributed by atoms with Gasteiger partial charge in [0.05, 0.1) is 5.56 Å². The largest absolute Gasteiger partial charge is 0.634 e. The summed E-state index contributed by atoms with van der Waals surface area (Å²) in [6.45, 7) is 0. The van der Waals surface area contributed by atoms with E-state index in [9.17, 15) is 13.2 Å². The van der Waals surface area contributed by atoms with Gasteiger partial charge < -0.3 is 14.7 Å². The third kappa shape index (κ3) is 1.62. The molecular formula is C9H6BF3O3. The van der Waals surface area contributed by atoms with Gasteiger partial charge in [0, 0.05) is 0 Å². The smallest absolute Gasteiger partial charge is 0.402 e. The van der Waals surface area contributed by atoms with Gasteiger partial charge in [0.1, 0.15) is 11.9 Å². The summed E-state index contributed by atoms with van der Waals surface area (Å²) in [7, 11) is -2.27. The van der Waals surface area contributed by atoms with Crippen LogP contribution in [-0.4, -0.2) is 17.4 Å². The Labute approximate surface area is 89.0 Å². The maximum absolute atomic E-state index is 13.3. The second kappa shape index (κ2) is 3.93. The van der Waals surface area contributed by atoms with Gasteiger partial charge in [-0.3, -0.25) is 0 Å². The van der Waals surface area contributed by atoms with Crippen molar-refractivity contribution in [1.29, 1.82) is 0 Å². The molecule has 1 aliphatic rings. The van der Waals surface area contributed by atoms with E-state index in [1.807, 2.05) is 0 Å². The molecule has 1 unspecified atom stereocenters. The van der Waals surface area contributed by atoms with E-state index in [4.69, 9.17) is 10.0 Å². The van der Waals surface area contributed by atoms with E-state index in [1.54, 1.807) is 0 Å². The minimum atomic E-state index is -2.27. The fourth-order valence-corrected chi connectivity index (χ4v) is 1.62. The Morgan fingerprint density at radius 2 is 1.88 bits per heavy atom. The molecule has 0 aliphatic heterocycles. The van der Waals surface area contributed by atoms with Crippen molar-refractivity contribution in [3.63, 3.8) is 0 Å². The molecule has 2 N–H and O–H groups in total. The average Bonchev–Trinajstić information content (AvgIpc) is 2.44. The maximum atomic E-state index is 13.3. The predicted octanol–water partition coefficient (Wildman–Crippen LogP) is 1.47. The summed E-state index contributed by atoms with van der Waals surface area (Å²) in [5.74, 6) is -3.67. The predicted molar refractivity (Wildman–Crippen MR) is 49.6 cm³/mol. The molecule has 16 heavy (non-hydrogen) atoms. The van der Waals surface area contributed by atoms with Crippen LogP contribution in [0.2, 0.25) is 0 Å². The Morgan fingerprint density at radius 1 is 1.19 bits per heavy atom. The quantitative estimate of drug-likeness (QED) is 0.756. The summed E-state index contributed by atoms with van der Waals surface area (Å²) in [5, 5.41) is 17.1. The molecule has 0 heterocycles. The summed E-state index contributed by atoms with van der Waals surface area (Å²) in [6.07, 6.45) is -1.62. The van der Waals surface area contributed by atoms with Gasteiger partial charge in [0.2, 0.25) is 0 Å². The van der Waals surface area contributed by atoms with Crippen molar-refractivity contribution in [3.8, 4) is 0 Å². The van der Waals surface area contributed by atoms with Gasteiger partial charge in [-0.1, -0.05) is 12.1 Å². The van der Waals surface area contributed by atoms with Gasteiger partial charge in [-0.15, -0.1) is 0 Å². The molecule has 0 saturated heterocycles. The van der Waals surface area contributed by atoms with Crippen molar-refractivity contribution in [2.45, 2.75) is 6.10 Å². The highest BCUT2D eigenvalue weighted by molar-refractivity contribution is 6.32. The van der Waals surface area contributed by atoms with Gasteiger partial charge in [-0.05, 0) is 11.6 Å². The summed E-state index contributed by atoms with van der Waals surface area (Å²) in [4.78, 5) is 0. The first-order chi connectivity index (χ1) is 7.52. The lowest BCUT2D eigenvalue weighted by atomic mass is 10.1. The standard InChI is InChI=1S/C9H6BF3O3/c11-5-3-1-2-4-6(5)7(12)8(13)9(4)16-10(14)15/h1-3,9,14-15H. The second-order valence-corrected chi connectivity index (χ2v) is 3.21. The number of fused-ring (bicyclic) bond motifs is 1. The Hall–Kier alpha value is -1.31. The molecule has 0 spiro atoms. The molecule has 0 amide bonds. The Balaban J connectivity index is 2.50. The molecule has 1 aromatic rings. The molecule has 0 fully saturated rings. The number of halogens is 3. The highest BCUT2D eigenvalue weighted by Crippen LogP contribution is 2.44. The molecule has 1 atom stereocenters. The van der Waals surface area contributed by atoms with Crippen molar-refractivity contribution in [3.05, 3.63) is 41.0 Å². The molecule has 0 radical (unpaired) electrons. The third-order valence-electron chi connectivity index (χ3n) is 2.25. The number of rotatable bonds is 2. The summed E-state index contributed by atoms with van der Waals surface area (Å²) in [5.41, 5.74) is -0.645. The lowest BCUT2D eigenvalue weighted by Gasteiger charge is -2.12. The molecule has 0 aromatic heterocycles. The molecule has 0 bridgehead atoms. The Bertz CT molecular complexity index is 461. The van der Waals surface area contributed by atoms with Crippen LogP contribution in [-0.2, 0) is 4.65 Å². The first-order valence-electron chi connectivity index (χ1n) is 4.38. The molecule has 3 nitrogen and oxygen atoms in total. The van der Waals surface area contributed by atoms with Crippen LogP contribution in [0.4, 0.5) is 13.2 Å². The van der Waals surface area contributed by atoms with Crippen molar-refractivity contribution >= 4 is 13.1 Å². The van der Waals surface area contributed by atoms with E-state index < -0.39 is 36.5 Å². The summed E-state index contributed by atoms with van der Waals surface area (Å²) >= 11 is 0. The average molecular weight is 230 g/mol. The summed E-state index contributed by atoms with van der Waals surface area (Å²) < 4.78 is 44.1. The molecular weight excluding hydrogens is 224 g/mol. The minimum Gasteiger partial charge on any atom is -0.402 e. The minimum absolute atomic E-state index is 0.108. The van der Waals surface area contributed by atoms with E-state index in [0.717, 1.165) is 6.07 Å². The van der Waals surface area contributed by atoms with Crippen LogP contribution in [0, 0.1) is 5.82 Å². The van der Waals surface area contributed by atoms with E-state index in [0.29, 0.717) is 0 Å². The first-order valence-corrected chi connectivity index (χ1v) is 4.38. The van der Waals surface area contributed by atoms with Gasteiger partial charge in [-0.2, -0.15) is 0 Å². The summed E-state index contributed by atoms with van der Waals surface area (Å²) in [6, 6.07) is 3.47. The zero-order valence-corrected chi connectivity index (χ0v) is 7.82. The fraction of sp³-hybridized carbons (Fsp3) is 0.111. The van der Waals surface area contributed by atoms with E-state index in [1.165, 1.54) is 12.1 Å². The normalized spacial score (nSPS) is 18.9. The lowest BCUT2D eigenvalue weighted by Crippen LogP contribution is -2.20. The third-order valence-corrected chi connectivity index (χ3v) is 2.25. The fourth-order valence-electron chi connectivity index (χ4n) is 1.62. The monoisotopic (exact) mass is 230 g/mol. The maximum Gasteiger partial charge on any atom is 0.634 e. The molecule has 0 saturated carbocycles. The van der Waals surface area contributed by atoms with E-state index >= 15 is 0 Å². The van der Waals surface area contributed by atoms with Crippen LogP contribution in [0.3, 0.4) is 0 Å². The van der Waals surface area contributed by atoms with E-state index in [-0.39, 0.29) is 5.56 Å². The number of hydrogen-bond donors (Lipinski definition) is 2. The van der Waals surface area contributed by atoms with Crippen molar-refractivity contribution in [2.75, 3.05) is 0 Å². The van der Waals surface area contributed by atoms with Gasteiger partial charge in [0.25, 0.3) is 0 Å². The molecule has 2 rings (SSSR count). The lowest BCUT2D eigenvalue weighted by molar-refractivity contribution is 0.127. The number of benzene rings is 1. The SMILES string of the molecule is OB(O)OC1C(F)=C(F)c2c(F)cccc21. The highest BCUT2D eigenvalue weighted by Gasteiger charge is 2.37. The van der Waals surface area contributed by atoms with Gasteiger partial charge in [-0.25, -0.2) is 13.2 Å². The zero-order valence-electron chi connectivity index (χ0n) is 7.82. The first kappa shape index (κ1) is 11.2. The Kier molecular flexibility index (Phi) is 2.75. The van der Waals surface area contributed by atoms with Crippen LogP contribution in [0.15, 0.2) is 24.0 Å². The zero-order chi connectivity index (χ0) is 11.9. The molecule has 84 valence electrons. The number of hydrogen-bond acceptors (Lipinski definition) is 3. The van der Waals surface area contributed by atoms with E-state index in [2.05, 4.69) is 4.65 Å².